The molecular weight excluding hydrogens is 651 g/mol. The van der Waals surface area contributed by atoms with Gasteiger partial charge < -0.3 is 24.3 Å². The van der Waals surface area contributed by atoms with Crippen molar-refractivity contribution in [2.45, 2.75) is 58.4 Å². The topological polar surface area (TPSA) is 107 Å². The summed E-state index contributed by atoms with van der Waals surface area (Å²) in [5, 5.41) is 3.71. The number of rotatable bonds is 6. The second-order valence-corrected chi connectivity index (χ2v) is 14.5. The van der Waals surface area contributed by atoms with Crippen LogP contribution in [-0.4, -0.2) is 59.3 Å². The lowest BCUT2D eigenvalue weighted by Gasteiger charge is -2.59. The molecule has 0 radical (unpaired) electrons. The number of aryl methyl sites for hydroxylation is 1. The Morgan fingerprint density at radius 3 is 2.20 bits per heavy atom. The number of methoxy groups -OCH3 is 1. The molecule has 50 heavy (non-hydrogen) atoms. The number of pyridine rings is 1. The smallest absolute Gasteiger partial charge is 0.417 e. The predicted octanol–water partition coefficient (Wildman–Crippen LogP) is 6.47. The summed E-state index contributed by atoms with van der Waals surface area (Å²) in [7, 11) is 2.66. The van der Waals surface area contributed by atoms with E-state index in [2.05, 4.69) is 5.32 Å². The number of nitrogens with one attached hydrogen (secondary N) is 1. The van der Waals surface area contributed by atoms with Gasteiger partial charge in [0, 0.05) is 31.9 Å². The minimum absolute atomic E-state index is 0.0173. The average molecular weight is 692 g/mol. The zero-order valence-corrected chi connectivity index (χ0v) is 28.8. The molecule has 2 amide bonds. The van der Waals surface area contributed by atoms with E-state index < -0.39 is 52.0 Å². The third-order valence-corrected chi connectivity index (χ3v) is 10.4. The molecule has 1 saturated heterocycles. The molecule has 3 aromatic carbocycles. The molecule has 0 spiro atoms. The average Bonchev–Trinajstić information content (AvgIpc) is 3.07. The Hall–Kier alpha value is -4.87. The fraction of sp³-hybridized carbons (Fsp3) is 0.421. The van der Waals surface area contributed by atoms with Crippen LogP contribution in [0.4, 0.5) is 18.0 Å². The van der Waals surface area contributed by atoms with Gasteiger partial charge in [0.2, 0.25) is 5.91 Å². The highest BCUT2D eigenvalue weighted by Gasteiger charge is 2.61. The minimum atomic E-state index is -4.83. The van der Waals surface area contributed by atoms with Gasteiger partial charge in [-0.2, -0.15) is 13.2 Å². The molecule has 4 aromatic rings. The maximum absolute atomic E-state index is 14.8. The first-order chi connectivity index (χ1) is 23.5. The maximum atomic E-state index is 14.8. The summed E-state index contributed by atoms with van der Waals surface area (Å²) in [5.74, 6) is -1.30. The van der Waals surface area contributed by atoms with E-state index in [1.165, 1.54) is 43.0 Å². The number of aromatic nitrogens is 1. The quantitative estimate of drug-likeness (QED) is 0.233. The number of fused-ring (bicyclic) bond motifs is 4. The number of hydrogen-bond acceptors (Lipinski definition) is 6. The van der Waals surface area contributed by atoms with Crippen molar-refractivity contribution in [3.63, 3.8) is 0 Å². The van der Waals surface area contributed by atoms with Crippen LogP contribution >= 0.6 is 0 Å². The molecule has 1 aliphatic carbocycles. The molecule has 2 unspecified atom stereocenters. The third-order valence-electron chi connectivity index (χ3n) is 10.4. The fourth-order valence-corrected chi connectivity index (χ4v) is 7.67. The van der Waals surface area contributed by atoms with Crippen molar-refractivity contribution in [1.29, 1.82) is 0 Å². The first-order valence-corrected chi connectivity index (χ1v) is 16.5. The van der Waals surface area contributed by atoms with Crippen molar-refractivity contribution in [2.75, 3.05) is 20.2 Å². The first-order valence-electron chi connectivity index (χ1n) is 16.5. The summed E-state index contributed by atoms with van der Waals surface area (Å²) in [5.41, 5.74) is -2.93. The van der Waals surface area contributed by atoms with E-state index in [1.807, 2.05) is 6.92 Å². The summed E-state index contributed by atoms with van der Waals surface area (Å²) in [6.45, 7) is 7.91. The van der Waals surface area contributed by atoms with Crippen LogP contribution in [0.2, 0.25) is 0 Å². The van der Waals surface area contributed by atoms with Crippen molar-refractivity contribution in [3.05, 3.63) is 82.1 Å². The Labute approximate surface area is 287 Å². The molecular formula is C38H40F3N3O6. The van der Waals surface area contributed by atoms with Crippen molar-refractivity contribution in [1.82, 2.24) is 14.8 Å². The van der Waals surface area contributed by atoms with Gasteiger partial charge in [0.25, 0.3) is 5.56 Å². The lowest BCUT2D eigenvalue weighted by molar-refractivity contribution is -0.165. The van der Waals surface area contributed by atoms with E-state index >= 15 is 0 Å². The standard InChI is InChI=1S/C38H40F3N3O6/c1-36(2,3)50-35(48)44-19-22-18-23(20-44)37(22,4)34(47)42-28(33(46)49-6)17-21-11-9-14-25-24(21)13-10-15-26(25)30-31(38(39,40)41)27-12-7-8-16-29(27)43(5)32(30)45/h7-16,22-23,28H,17-20H2,1-6H3,(H,42,47)/t22?,23?,28-,37?/m0/s1. The number of ether oxygens (including phenoxy) is 2. The molecule has 2 bridgehead atoms. The summed E-state index contributed by atoms with van der Waals surface area (Å²) in [4.78, 5) is 55.0. The summed E-state index contributed by atoms with van der Waals surface area (Å²) >= 11 is 0. The van der Waals surface area contributed by atoms with Crippen LogP contribution in [-0.2, 0) is 38.7 Å². The molecule has 2 aliphatic rings. The zero-order valence-electron chi connectivity index (χ0n) is 28.8. The molecule has 264 valence electrons. The molecule has 1 N–H and O–H groups in total. The number of piperidine rings is 2. The predicted molar refractivity (Wildman–Crippen MR) is 182 cm³/mol. The highest BCUT2D eigenvalue weighted by atomic mass is 19.4. The van der Waals surface area contributed by atoms with Gasteiger partial charge >= 0.3 is 18.2 Å². The Morgan fingerprint density at radius 1 is 0.940 bits per heavy atom. The largest absolute Gasteiger partial charge is 0.467 e. The number of benzene rings is 3. The van der Waals surface area contributed by atoms with Gasteiger partial charge in [-0.3, -0.25) is 9.59 Å². The number of halogens is 3. The minimum Gasteiger partial charge on any atom is -0.467 e. The number of likely N-dealkylation sites (tertiary alicyclic amines) is 1. The molecule has 3 atom stereocenters. The summed E-state index contributed by atoms with van der Waals surface area (Å²) < 4.78 is 56.1. The van der Waals surface area contributed by atoms with Gasteiger partial charge in [-0.05, 0) is 67.0 Å². The van der Waals surface area contributed by atoms with Gasteiger partial charge in [-0.15, -0.1) is 0 Å². The summed E-state index contributed by atoms with van der Waals surface area (Å²) in [6.07, 6.45) is -4.52. The van der Waals surface area contributed by atoms with Crippen LogP contribution in [0.25, 0.3) is 32.8 Å². The number of amides is 2. The van der Waals surface area contributed by atoms with E-state index in [0.717, 1.165) is 6.42 Å². The maximum Gasteiger partial charge on any atom is 0.417 e. The number of carbonyl (C=O) groups excluding carboxylic acids is 3. The number of para-hydroxylation sites is 1. The van der Waals surface area contributed by atoms with Gasteiger partial charge in [0.1, 0.15) is 11.6 Å². The van der Waals surface area contributed by atoms with E-state index in [0.29, 0.717) is 29.4 Å². The van der Waals surface area contributed by atoms with Crippen LogP contribution in [0.1, 0.15) is 45.2 Å². The molecule has 2 heterocycles. The highest BCUT2D eigenvalue weighted by molar-refractivity contribution is 6.02. The van der Waals surface area contributed by atoms with E-state index in [1.54, 1.807) is 62.1 Å². The van der Waals surface area contributed by atoms with Crippen LogP contribution in [0.5, 0.6) is 0 Å². The Balaban J connectivity index is 1.33. The molecule has 12 heteroatoms. The number of nitrogens with zero attached hydrogens (tertiary/aromatic N) is 2. The Kier molecular flexibility index (Phi) is 8.72. The Morgan fingerprint density at radius 2 is 1.56 bits per heavy atom. The number of esters is 1. The second kappa shape index (κ2) is 12.5. The second-order valence-electron chi connectivity index (χ2n) is 14.5. The van der Waals surface area contributed by atoms with Crippen molar-refractivity contribution in [3.8, 4) is 11.1 Å². The number of hydrogen-bond donors (Lipinski definition) is 1. The Bertz CT molecular complexity index is 2070. The van der Waals surface area contributed by atoms with E-state index in [9.17, 15) is 32.3 Å². The van der Waals surface area contributed by atoms with Gasteiger partial charge in [-0.25, -0.2) is 9.59 Å². The monoisotopic (exact) mass is 691 g/mol. The zero-order chi connectivity index (χ0) is 36.3. The lowest BCUT2D eigenvalue weighted by atomic mass is 9.51. The first kappa shape index (κ1) is 35.0. The fourth-order valence-electron chi connectivity index (χ4n) is 7.67. The molecule has 9 nitrogen and oxygen atoms in total. The van der Waals surface area contributed by atoms with Crippen LogP contribution < -0.4 is 10.9 Å². The SMILES string of the molecule is COC(=O)[C@H](Cc1cccc2c(-c3c(C(F)(F)F)c4ccccc4n(C)c3=O)cccc12)NC(=O)C1(C)C2CC1CN(C(=O)OC(C)(C)C)C2. The highest BCUT2D eigenvalue weighted by Crippen LogP contribution is 2.55. The van der Waals surface area contributed by atoms with Crippen molar-refractivity contribution < 1.29 is 37.0 Å². The van der Waals surface area contributed by atoms with Crippen LogP contribution in [0, 0.1) is 17.3 Å². The molecule has 2 fully saturated rings. The number of carbonyl (C=O) groups is 3. The van der Waals surface area contributed by atoms with E-state index in [-0.39, 0.29) is 40.6 Å². The normalized spacial score (nSPS) is 21.0. The van der Waals surface area contributed by atoms with Gasteiger partial charge in [0.15, 0.2) is 0 Å². The summed E-state index contributed by atoms with van der Waals surface area (Å²) in [6, 6.07) is 14.6. The van der Waals surface area contributed by atoms with Gasteiger partial charge in [0.05, 0.1) is 29.2 Å². The van der Waals surface area contributed by atoms with Crippen molar-refractivity contribution in [2.24, 2.45) is 24.3 Å². The van der Waals surface area contributed by atoms with Gasteiger partial charge in [-0.1, -0.05) is 61.5 Å². The lowest BCUT2D eigenvalue weighted by Crippen LogP contribution is -2.68. The van der Waals surface area contributed by atoms with Crippen LogP contribution in [0.15, 0.2) is 65.5 Å². The van der Waals surface area contributed by atoms with Crippen LogP contribution in [0.3, 0.4) is 0 Å². The third kappa shape index (κ3) is 5.98. The number of alkyl halides is 3. The van der Waals surface area contributed by atoms with E-state index in [4.69, 9.17) is 9.47 Å². The molecule has 1 saturated carbocycles. The molecule has 1 aliphatic heterocycles. The van der Waals surface area contributed by atoms with Crippen molar-refractivity contribution >= 4 is 39.6 Å². The molecule has 6 rings (SSSR count). The molecule has 1 aromatic heterocycles.